The second-order valence-electron chi connectivity index (χ2n) is 5.97. The molecule has 0 saturated carbocycles. The smallest absolute Gasteiger partial charge is 0.0266 e. The van der Waals surface area contributed by atoms with Gasteiger partial charge in [-0.1, -0.05) is 0 Å². The van der Waals surface area contributed by atoms with E-state index in [1.807, 2.05) is 0 Å². The van der Waals surface area contributed by atoms with Gasteiger partial charge in [0.2, 0.25) is 0 Å². The van der Waals surface area contributed by atoms with Crippen LogP contribution in [0.4, 0.5) is 0 Å². The van der Waals surface area contributed by atoms with Gasteiger partial charge in [-0.15, -0.1) is 0 Å². The molecule has 4 unspecified atom stereocenters. The summed E-state index contributed by atoms with van der Waals surface area (Å²) in [6.45, 7) is 6.29. The molecule has 0 radical (unpaired) electrons. The van der Waals surface area contributed by atoms with Gasteiger partial charge in [0, 0.05) is 37.3 Å². The zero-order valence-corrected chi connectivity index (χ0v) is 10.4. The lowest BCUT2D eigenvalue weighted by Gasteiger charge is -2.42. The predicted octanol–water partition coefficient (Wildman–Crippen LogP) is 1.03. The number of nitrogens with zero attached hydrogens (tertiary/aromatic N) is 2. The lowest BCUT2D eigenvalue weighted by atomic mass is 9.94. The minimum absolute atomic E-state index is 0.451. The van der Waals surface area contributed by atoms with Gasteiger partial charge in [-0.2, -0.15) is 0 Å². The van der Waals surface area contributed by atoms with E-state index in [0.717, 1.165) is 12.1 Å². The summed E-state index contributed by atoms with van der Waals surface area (Å²) >= 11 is 0. The number of hydrogen-bond acceptors (Lipinski definition) is 3. The molecule has 16 heavy (non-hydrogen) atoms. The van der Waals surface area contributed by atoms with Crippen LogP contribution in [0.15, 0.2) is 0 Å². The highest BCUT2D eigenvalue weighted by atomic mass is 15.3. The van der Waals surface area contributed by atoms with Gasteiger partial charge in [-0.05, 0) is 45.6 Å². The van der Waals surface area contributed by atoms with Crippen LogP contribution in [0.25, 0.3) is 0 Å². The Morgan fingerprint density at radius 2 is 1.88 bits per heavy atom. The fraction of sp³-hybridized carbons (Fsp3) is 1.00. The van der Waals surface area contributed by atoms with Crippen LogP contribution in [0.5, 0.6) is 0 Å². The first-order valence-electron chi connectivity index (χ1n) is 7.01. The lowest BCUT2D eigenvalue weighted by molar-refractivity contribution is 0.0789. The van der Waals surface area contributed by atoms with E-state index < -0.39 is 0 Å². The molecule has 3 nitrogen and oxygen atoms in total. The average molecular weight is 223 g/mol. The molecule has 3 heteroatoms. The topological polar surface area (TPSA) is 32.5 Å². The molecule has 3 aliphatic heterocycles. The van der Waals surface area contributed by atoms with Crippen LogP contribution in [-0.4, -0.2) is 53.6 Å². The Hall–Kier alpha value is -0.120. The van der Waals surface area contributed by atoms with E-state index >= 15 is 0 Å². The van der Waals surface area contributed by atoms with Crippen LogP contribution < -0.4 is 5.73 Å². The van der Waals surface area contributed by atoms with E-state index in [0.29, 0.717) is 12.1 Å². The number of hydrogen-bond donors (Lipinski definition) is 1. The second-order valence-corrected chi connectivity index (χ2v) is 5.97. The Labute approximate surface area is 99.0 Å². The summed E-state index contributed by atoms with van der Waals surface area (Å²) in [5.41, 5.74) is 6.06. The summed E-state index contributed by atoms with van der Waals surface area (Å²) in [7, 11) is 0. The minimum Gasteiger partial charge on any atom is -0.328 e. The monoisotopic (exact) mass is 223 g/mol. The van der Waals surface area contributed by atoms with E-state index in [1.165, 1.54) is 51.7 Å². The molecule has 3 fully saturated rings. The van der Waals surface area contributed by atoms with Crippen molar-refractivity contribution in [2.45, 2.75) is 63.2 Å². The second kappa shape index (κ2) is 4.28. The van der Waals surface area contributed by atoms with Crippen LogP contribution in [0.1, 0.15) is 39.0 Å². The summed E-state index contributed by atoms with van der Waals surface area (Å²) < 4.78 is 0. The minimum atomic E-state index is 0.451. The SMILES string of the molecule is CC1CC(N)CCN1C1CCN2CCCC12. The lowest BCUT2D eigenvalue weighted by Crippen LogP contribution is -2.53. The molecular formula is C13H25N3. The van der Waals surface area contributed by atoms with Crippen LogP contribution in [0.3, 0.4) is 0 Å². The van der Waals surface area contributed by atoms with Crippen molar-refractivity contribution < 1.29 is 0 Å². The van der Waals surface area contributed by atoms with Gasteiger partial charge in [0.25, 0.3) is 0 Å². The summed E-state index contributed by atoms with van der Waals surface area (Å²) in [5, 5.41) is 0. The highest BCUT2D eigenvalue weighted by Crippen LogP contribution is 2.34. The molecule has 92 valence electrons. The fourth-order valence-corrected chi connectivity index (χ4v) is 4.16. The highest BCUT2D eigenvalue weighted by Gasteiger charge is 2.42. The van der Waals surface area contributed by atoms with Crippen LogP contribution >= 0.6 is 0 Å². The van der Waals surface area contributed by atoms with E-state index in [1.54, 1.807) is 0 Å². The van der Waals surface area contributed by atoms with Gasteiger partial charge in [-0.25, -0.2) is 0 Å². The third-order valence-electron chi connectivity index (χ3n) is 4.96. The van der Waals surface area contributed by atoms with Crippen molar-refractivity contribution in [3.8, 4) is 0 Å². The van der Waals surface area contributed by atoms with Crippen molar-refractivity contribution >= 4 is 0 Å². The van der Waals surface area contributed by atoms with Crippen molar-refractivity contribution in [2.75, 3.05) is 19.6 Å². The quantitative estimate of drug-likeness (QED) is 0.721. The normalized spacial score (nSPS) is 46.1. The van der Waals surface area contributed by atoms with E-state index in [4.69, 9.17) is 5.73 Å². The molecule has 4 atom stereocenters. The molecule has 3 rings (SSSR count). The van der Waals surface area contributed by atoms with Crippen molar-refractivity contribution in [3.05, 3.63) is 0 Å². The maximum atomic E-state index is 6.06. The molecule has 3 aliphatic rings. The molecular weight excluding hydrogens is 198 g/mol. The number of nitrogens with two attached hydrogens (primary N) is 1. The number of fused-ring (bicyclic) bond motifs is 1. The molecule has 0 aromatic carbocycles. The molecule has 0 bridgehead atoms. The summed E-state index contributed by atoms with van der Waals surface area (Å²) in [5.74, 6) is 0. The van der Waals surface area contributed by atoms with Gasteiger partial charge < -0.3 is 5.73 Å². The van der Waals surface area contributed by atoms with Crippen LogP contribution in [0.2, 0.25) is 0 Å². The van der Waals surface area contributed by atoms with Crippen molar-refractivity contribution in [2.24, 2.45) is 5.73 Å². The first kappa shape index (κ1) is 11.0. The predicted molar refractivity (Wildman–Crippen MR) is 66.4 cm³/mol. The third kappa shape index (κ3) is 1.79. The van der Waals surface area contributed by atoms with E-state index in [2.05, 4.69) is 16.7 Å². The Kier molecular flexibility index (Phi) is 2.94. The average Bonchev–Trinajstić information content (AvgIpc) is 2.80. The van der Waals surface area contributed by atoms with Gasteiger partial charge in [0.1, 0.15) is 0 Å². The zero-order chi connectivity index (χ0) is 11.1. The Morgan fingerprint density at radius 3 is 2.69 bits per heavy atom. The van der Waals surface area contributed by atoms with Crippen molar-refractivity contribution in [1.82, 2.24) is 9.80 Å². The number of likely N-dealkylation sites (tertiary alicyclic amines) is 1. The first-order chi connectivity index (χ1) is 7.75. The summed E-state index contributed by atoms with van der Waals surface area (Å²) in [6.07, 6.45) is 6.64. The summed E-state index contributed by atoms with van der Waals surface area (Å²) in [4.78, 5) is 5.48. The van der Waals surface area contributed by atoms with Gasteiger partial charge >= 0.3 is 0 Å². The standard InChI is InChI=1S/C13H25N3/c1-10-9-11(14)4-8-16(10)13-5-7-15-6-2-3-12(13)15/h10-13H,2-9,14H2,1H3. The van der Waals surface area contributed by atoms with Gasteiger partial charge in [0.15, 0.2) is 0 Å². The molecule has 3 saturated heterocycles. The number of piperidine rings is 1. The number of rotatable bonds is 1. The van der Waals surface area contributed by atoms with Crippen LogP contribution in [-0.2, 0) is 0 Å². The van der Waals surface area contributed by atoms with Crippen LogP contribution in [0, 0.1) is 0 Å². The first-order valence-corrected chi connectivity index (χ1v) is 7.01. The molecule has 0 amide bonds. The largest absolute Gasteiger partial charge is 0.328 e. The van der Waals surface area contributed by atoms with Crippen molar-refractivity contribution in [1.29, 1.82) is 0 Å². The fourth-order valence-electron chi connectivity index (χ4n) is 4.16. The molecule has 0 spiro atoms. The molecule has 0 aromatic heterocycles. The summed E-state index contributed by atoms with van der Waals surface area (Å²) in [6, 6.07) is 2.86. The van der Waals surface area contributed by atoms with Crippen molar-refractivity contribution in [3.63, 3.8) is 0 Å². The Balaban J connectivity index is 1.68. The van der Waals surface area contributed by atoms with Gasteiger partial charge in [0.05, 0.1) is 0 Å². The molecule has 3 heterocycles. The maximum absolute atomic E-state index is 6.06. The van der Waals surface area contributed by atoms with E-state index in [-0.39, 0.29) is 0 Å². The highest BCUT2D eigenvalue weighted by molar-refractivity contribution is 4.99. The van der Waals surface area contributed by atoms with E-state index in [9.17, 15) is 0 Å². The Bertz CT molecular complexity index is 256. The molecule has 2 N–H and O–H groups in total. The Morgan fingerprint density at radius 1 is 1.00 bits per heavy atom. The third-order valence-corrected chi connectivity index (χ3v) is 4.96. The van der Waals surface area contributed by atoms with Gasteiger partial charge in [-0.3, -0.25) is 9.80 Å². The molecule has 0 aromatic rings. The zero-order valence-electron chi connectivity index (χ0n) is 10.4. The molecule has 0 aliphatic carbocycles. The maximum Gasteiger partial charge on any atom is 0.0266 e.